The molecule has 0 aromatic heterocycles. The molecule has 0 saturated carbocycles. The van der Waals surface area contributed by atoms with Gasteiger partial charge in [-0.2, -0.15) is 0 Å². The Morgan fingerprint density at radius 3 is 2.38 bits per heavy atom. The molecule has 0 saturated heterocycles. The van der Waals surface area contributed by atoms with Crippen molar-refractivity contribution in [3.05, 3.63) is 35.4 Å². The third kappa shape index (κ3) is 2.82. The van der Waals surface area contributed by atoms with Gasteiger partial charge in [-0.3, -0.25) is 0 Å². The summed E-state index contributed by atoms with van der Waals surface area (Å²) in [7, 11) is -3.27. The van der Waals surface area contributed by atoms with Crippen molar-refractivity contribution in [2.75, 3.05) is 0 Å². The van der Waals surface area contributed by atoms with Crippen LogP contribution >= 0.6 is 0 Å². The van der Waals surface area contributed by atoms with Crippen molar-refractivity contribution in [2.45, 2.75) is 24.9 Å². The molecule has 0 aliphatic rings. The first-order chi connectivity index (χ1) is 7.34. The molecule has 0 aliphatic heterocycles. The summed E-state index contributed by atoms with van der Waals surface area (Å²) in [5, 5.41) is 8.40. The first-order valence-electron chi connectivity index (χ1n) is 4.87. The second-order valence-electron chi connectivity index (χ2n) is 3.82. The average Bonchev–Trinajstić information content (AvgIpc) is 2.17. The third-order valence-electron chi connectivity index (χ3n) is 2.32. The van der Waals surface area contributed by atoms with Crippen LogP contribution in [0, 0.1) is 0 Å². The molecule has 0 bridgehead atoms. The molecule has 0 fully saturated rings. The summed E-state index contributed by atoms with van der Waals surface area (Å²) in [4.78, 5) is 10.9. The second-order valence-corrected chi connectivity index (χ2v) is 6.38. The molecule has 0 heterocycles. The maximum Gasteiger partial charge on any atom is 0.335 e. The van der Waals surface area contributed by atoms with Crippen LogP contribution in [-0.2, 0) is 15.6 Å². The highest BCUT2D eigenvalue weighted by molar-refractivity contribution is 7.91. The number of aromatic carboxylic acids is 1. The van der Waals surface area contributed by atoms with E-state index in [9.17, 15) is 13.2 Å². The van der Waals surface area contributed by atoms with Crippen LogP contribution in [0.15, 0.2) is 24.3 Å². The molecule has 5 heteroatoms. The van der Waals surface area contributed by atoms with E-state index in [0.29, 0.717) is 5.56 Å². The Labute approximate surface area is 94.8 Å². The van der Waals surface area contributed by atoms with Crippen LogP contribution in [0.3, 0.4) is 0 Å². The number of carboxylic acid groups (broad SMARTS) is 1. The predicted molar refractivity (Wildman–Crippen MR) is 61.2 cm³/mol. The molecule has 0 atom stereocenters. The zero-order chi connectivity index (χ0) is 12.3. The number of rotatable bonds is 4. The second kappa shape index (κ2) is 4.65. The molecule has 16 heavy (non-hydrogen) atoms. The quantitative estimate of drug-likeness (QED) is 0.872. The molecule has 0 aliphatic carbocycles. The minimum absolute atomic E-state index is 0.0479. The van der Waals surface area contributed by atoms with E-state index in [2.05, 4.69) is 0 Å². The first-order valence-corrected chi connectivity index (χ1v) is 6.59. The summed E-state index contributed by atoms with van der Waals surface area (Å²) in [6.45, 7) is 3.16. The van der Waals surface area contributed by atoms with Crippen molar-refractivity contribution in [2.24, 2.45) is 0 Å². The minimum atomic E-state index is -3.27. The van der Waals surface area contributed by atoms with E-state index in [4.69, 9.17) is 5.11 Å². The fourth-order valence-corrected chi connectivity index (χ4v) is 2.26. The molecular weight excluding hydrogens is 228 g/mol. The smallest absolute Gasteiger partial charge is 0.335 e. The van der Waals surface area contributed by atoms with Crippen LogP contribution in [0.5, 0.6) is 0 Å². The molecule has 0 unspecified atom stereocenters. The molecule has 0 spiro atoms. The van der Waals surface area contributed by atoms with Crippen molar-refractivity contribution >= 4 is 15.8 Å². The van der Waals surface area contributed by atoms with Crippen molar-refractivity contribution in [3.63, 3.8) is 0 Å². The monoisotopic (exact) mass is 242 g/mol. The van der Waals surface area contributed by atoms with Crippen LogP contribution in [0.4, 0.5) is 0 Å². The lowest BCUT2D eigenvalue weighted by atomic mass is 10.1. The number of carboxylic acids is 1. The summed E-state index contributed by atoms with van der Waals surface area (Å²) in [6, 6.07) is 6.16. The molecule has 1 aromatic rings. The van der Waals surface area contributed by atoms with Crippen molar-refractivity contribution < 1.29 is 18.3 Å². The van der Waals surface area contributed by atoms with Crippen molar-refractivity contribution in [3.8, 4) is 0 Å². The Kier molecular flexibility index (Phi) is 3.70. The van der Waals surface area contributed by atoms with Crippen LogP contribution in [0.25, 0.3) is 0 Å². The topological polar surface area (TPSA) is 71.4 Å². The lowest BCUT2D eigenvalue weighted by Gasteiger charge is -2.09. The maximum absolute atomic E-state index is 11.7. The van der Waals surface area contributed by atoms with Gasteiger partial charge < -0.3 is 5.11 Å². The number of benzene rings is 1. The minimum Gasteiger partial charge on any atom is -0.478 e. The van der Waals surface area contributed by atoms with E-state index in [0.717, 1.165) is 0 Å². The van der Waals surface area contributed by atoms with Gasteiger partial charge in [0.25, 0.3) is 0 Å². The van der Waals surface area contributed by atoms with Gasteiger partial charge in [-0.1, -0.05) is 18.2 Å². The van der Waals surface area contributed by atoms with E-state index in [1.807, 2.05) is 0 Å². The molecule has 0 radical (unpaired) electrons. The van der Waals surface area contributed by atoms with Crippen molar-refractivity contribution in [1.29, 1.82) is 0 Å². The summed E-state index contributed by atoms with van der Waals surface area (Å²) in [6.07, 6.45) is 0. The summed E-state index contributed by atoms with van der Waals surface area (Å²) in [5.74, 6) is -1.33. The standard InChI is InChI=1S/C11H14O4S/c1-8(2)16(14,15)7-9-5-3-4-6-10(9)11(12)13/h3-6,8H,7H2,1-2H3,(H,12,13). The summed E-state index contributed by atoms with van der Waals surface area (Å²) in [5.41, 5.74) is 0.385. The van der Waals surface area contributed by atoms with Crippen molar-refractivity contribution in [1.82, 2.24) is 0 Å². The van der Waals surface area contributed by atoms with Gasteiger partial charge in [-0.25, -0.2) is 13.2 Å². The van der Waals surface area contributed by atoms with Crippen LogP contribution in [0.1, 0.15) is 29.8 Å². The molecule has 0 amide bonds. The molecule has 88 valence electrons. The highest BCUT2D eigenvalue weighted by Crippen LogP contribution is 2.15. The van der Waals surface area contributed by atoms with E-state index in [1.54, 1.807) is 26.0 Å². The zero-order valence-corrected chi connectivity index (χ0v) is 9.99. The fraction of sp³-hybridized carbons (Fsp3) is 0.364. The van der Waals surface area contributed by atoms with E-state index in [-0.39, 0.29) is 11.3 Å². The Balaban J connectivity index is 3.12. The average molecular weight is 242 g/mol. The Morgan fingerprint density at radius 2 is 1.88 bits per heavy atom. The lowest BCUT2D eigenvalue weighted by molar-refractivity contribution is 0.0696. The highest BCUT2D eigenvalue weighted by Gasteiger charge is 2.20. The highest BCUT2D eigenvalue weighted by atomic mass is 32.2. The van der Waals surface area contributed by atoms with Gasteiger partial charge in [0.1, 0.15) is 0 Å². The lowest BCUT2D eigenvalue weighted by Crippen LogP contribution is -2.17. The zero-order valence-electron chi connectivity index (χ0n) is 9.17. The van der Waals surface area contributed by atoms with Crippen LogP contribution in [0.2, 0.25) is 0 Å². The Hall–Kier alpha value is -1.36. The molecule has 1 aromatic carbocycles. The molecule has 1 rings (SSSR count). The fourth-order valence-electron chi connectivity index (χ4n) is 1.24. The predicted octanol–water partition coefficient (Wildman–Crippen LogP) is 1.71. The number of carbonyl (C=O) groups is 1. The van der Waals surface area contributed by atoms with E-state index < -0.39 is 21.1 Å². The number of hydrogen-bond acceptors (Lipinski definition) is 3. The molecule has 1 N–H and O–H groups in total. The number of sulfone groups is 1. The van der Waals surface area contributed by atoms with Gasteiger partial charge in [0.15, 0.2) is 9.84 Å². The van der Waals surface area contributed by atoms with E-state index in [1.165, 1.54) is 12.1 Å². The first kappa shape index (κ1) is 12.7. The van der Waals surface area contributed by atoms with Crippen LogP contribution in [-0.4, -0.2) is 24.7 Å². The van der Waals surface area contributed by atoms with Gasteiger partial charge in [-0.05, 0) is 25.5 Å². The largest absolute Gasteiger partial charge is 0.478 e. The van der Waals surface area contributed by atoms with Gasteiger partial charge in [0.2, 0.25) is 0 Å². The Bertz CT molecular complexity index is 488. The normalized spacial score (nSPS) is 11.7. The van der Waals surface area contributed by atoms with Gasteiger partial charge >= 0.3 is 5.97 Å². The van der Waals surface area contributed by atoms with E-state index >= 15 is 0 Å². The number of hydrogen-bond donors (Lipinski definition) is 1. The molecule has 4 nitrogen and oxygen atoms in total. The SMILES string of the molecule is CC(C)S(=O)(=O)Cc1ccccc1C(=O)O. The maximum atomic E-state index is 11.7. The third-order valence-corrected chi connectivity index (χ3v) is 4.47. The van der Waals surface area contributed by atoms with Gasteiger partial charge in [0, 0.05) is 0 Å². The summed E-state index contributed by atoms with van der Waals surface area (Å²) >= 11 is 0. The van der Waals surface area contributed by atoms with Gasteiger partial charge in [0.05, 0.1) is 16.6 Å². The van der Waals surface area contributed by atoms with Crippen LogP contribution < -0.4 is 0 Å². The molecular formula is C11H14O4S. The van der Waals surface area contributed by atoms with Gasteiger partial charge in [-0.15, -0.1) is 0 Å². The summed E-state index contributed by atoms with van der Waals surface area (Å²) < 4.78 is 23.4. The Morgan fingerprint density at radius 1 is 1.31 bits per heavy atom.